The number of hydrogen-bond donors (Lipinski definition) is 1. The molecule has 1 heterocycles. The second kappa shape index (κ2) is 8.92. The molecule has 31 heavy (non-hydrogen) atoms. The fourth-order valence-corrected chi connectivity index (χ4v) is 3.92. The van der Waals surface area contributed by atoms with Crippen LogP contribution in [0.5, 0.6) is 11.5 Å². The van der Waals surface area contributed by atoms with E-state index >= 15 is 0 Å². The largest absolute Gasteiger partial charge is 0.493 e. The van der Waals surface area contributed by atoms with E-state index in [-0.39, 0.29) is 11.8 Å². The van der Waals surface area contributed by atoms with Crippen molar-refractivity contribution >= 4 is 23.2 Å². The first-order chi connectivity index (χ1) is 15.1. The summed E-state index contributed by atoms with van der Waals surface area (Å²) in [5, 5.41) is 2.92. The third kappa shape index (κ3) is 3.97. The molecule has 3 aromatic rings. The van der Waals surface area contributed by atoms with Gasteiger partial charge in [-0.05, 0) is 48.7 Å². The molecule has 0 saturated carbocycles. The molecule has 3 aromatic carbocycles. The summed E-state index contributed by atoms with van der Waals surface area (Å²) in [5.41, 5.74) is 2.99. The van der Waals surface area contributed by atoms with Crippen LogP contribution in [0.25, 0.3) is 0 Å². The molecule has 1 atom stereocenters. The standard InChI is InChI=1S/C25H24N2O4/c1-30-22-14-8-12-19(23(22)31-2)24(28)26-20-16-15-17-9-6-7-13-21(17)27(25(20)29)18-10-4-3-5-11-18/h3-14,20H,15-16H2,1-2H3,(H,26,28). The van der Waals surface area contributed by atoms with Crippen LogP contribution in [-0.2, 0) is 11.2 Å². The summed E-state index contributed by atoms with van der Waals surface area (Å²) < 4.78 is 10.7. The number of para-hydroxylation sites is 3. The smallest absolute Gasteiger partial charge is 0.255 e. The van der Waals surface area contributed by atoms with Gasteiger partial charge in [0, 0.05) is 5.69 Å². The van der Waals surface area contributed by atoms with Crippen molar-refractivity contribution < 1.29 is 19.1 Å². The number of anilines is 2. The molecule has 0 saturated heterocycles. The van der Waals surface area contributed by atoms with Crippen molar-refractivity contribution in [1.82, 2.24) is 5.32 Å². The van der Waals surface area contributed by atoms with Gasteiger partial charge >= 0.3 is 0 Å². The van der Waals surface area contributed by atoms with E-state index in [1.807, 2.05) is 54.6 Å². The predicted octanol–water partition coefficient (Wildman–Crippen LogP) is 4.11. The minimum absolute atomic E-state index is 0.175. The maximum atomic E-state index is 13.6. The fourth-order valence-electron chi connectivity index (χ4n) is 3.92. The van der Waals surface area contributed by atoms with E-state index in [9.17, 15) is 9.59 Å². The average molecular weight is 416 g/mol. The Morgan fingerprint density at radius 1 is 0.935 bits per heavy atom. The number of fused-ring (bicyclic) bond motifs is 1. The van der Waals surface area contributed by atoms with E-state index in [0.717, 1.165) is 16.9 Å². The van der Waals surface area contributed by atoms with Crippen molar-refractivity contribution in [1.29, 1.82) is 0 Å². The molecule has 1 N–H and O–H groups in total. The average Bonchev–Trinajstić information content (AvgIpc) is 2.95. The number of methoxy groups -OCH3 is 2. The summed E-state index contributed by atoms with van der Waals surface area (Å²) in [4.78, 5) is 28.4. The highest BCUT2D eigenvalue weighted by molar-refractivity contribution is 6.08. The topological polar surface area (TPSA) is 67.9 Å². The van der Waals surface area contributed by atoms with Crippen LogP contribution in [-0.4, -0.2) is 32.1 Å². The molecule has 1 aliphatic rings. The van der Waals surface area contributed by atoms with Crippen LogP contribution in [0.3, 0.4) is 0 Å². The van der Waals surface area contributed by atoms with E-state index in [2.05, 4.69) is 5.32 Å². The van der Waals surface area contributed by atoms with E-state index in [4.69, 9.17) is 9.47 Å². The van der Waals surface area contributed by atoms with Crippen LogP contribution in [0.2, 0.25) is 0 Å². The highest BCUT2D eigenvalue weighted by Gasteiger charge is 2.33. The number of carbonyl (C=O) groups excluding carboxylic acids is 2. The Hall–Kier alpha value is -3.80. The molecule has 2 amide bonds. The van der Waals surface area contributed by atoms with Crippen molar-refractivity contribution in [3.63, 3.8) is 0 Å². The van der Waals surface area contributed by atoms with Crippen molar-refractivity contribution in [2.45, 2.75) is 18.9 Å². The third-order valence-electron chi connectivity index (χ3n) is 5.42. The van der Waals surface area contributed by atoms with Gasteiger partial charge in [0.05, 0.1) is 25.5 Å². The molecule has 1 aliphatic heterocycles. The number of ether oxygens (including phenoxy) is 2. The molecule has 1 unspecified atom stereocenters. The maximum absolute atomic E-state index is 13.6. The fraction of sp³-hybridized carbons (Fsp3) is 0.200. The van der Waals surface area contributed by atoms with Gasteiger partial charge in [-0.15, -0.1) is 0 Å². The Morgan fingerprint density at radius 2 is 1.68 bits per heavy atom. The van der Waals surface area contributed by atoms with E-state index < -0.39 is 6.04 Å². The minimum atomic E-state index is -0.684. The summed E-state index contributed by atoms with van der Waals surface area (Å²) in [5.74, 6) is 0.242. The van der Waals surface area contributed by atoms with E-state index in [1.165, 1.54) is 14.2 Å². The van der Waals surface area contributed by atoms with Gasteiger partial charge in [0.1, 0.15) is 6.04 Å². The van der Waals surface area contributed by atoms with Crippen molar-refractivity contribution in [2.75, 3.05) is 19.1 Å². The number of rotatable bonds is 5. The first kappa shape index (κ1) is 20.5. The molecular weight excluding hydrogens is 392 g/mol. The molecule has 0 bridgehead atoms. The maximum Gasteiger partial charge on any atom is 0.255 e. The monoisotopic (exact) mass is 416 g/mol. The highest BCUT2D eigenvalue weighted by atomic mass is 16.5. The second-order valence-electron chi connectivity index (χ2n) is 7.24. The molecule has 158 valence electrons. The Balaban J connectivity index is 1.68. The molecule has 6 heteroatoms. The van der Waals surface area contributed by atoms with E-state index in [1.54, 1.807) is 23.1 Å². The zero-order chi connectivity index (χ0) is 21.8. The second-order valence-corrected chi connectivity index (χ2v) is 7.24. The van der Waals surface area contributed by atoms with Crippen LogP contribution in [0.1, 0.15) is 22.3 Å². The number of carbonyl (C=O) groups is 2. The third-order valence-corrected chi connectivity index (χ3v) is 5.42. The van der Waals surface area contributed by atoms with Crippen LogP contribution in [0.4, 0.5) is 11.4 Å². The highest BCUT2D eigenvalue weighted by Crippen LogP contribution is 2.34. The van der Waals surface area contributed by atoms with Gasteiger partial charge in [0.15, 0.2) is 11.5 Å². The number of hydrogen-bond acceptors (Lipinski definition) is 4. The number of benzene rings is 3. The molecule has 0 spiro atoms. The number of nitrogens with zero attached hydrogens (tertiary/aromatic N) is 1. The first-order valence-electron chi connectivity index (χ1n) is 10.1. The number of nitrogens with one attached hydrogen (secondary N) is 1. The van der Waals surface area contributed by atoms with Crippen molar-refractivity contribution in [3.8, 4) is 11.5 Å². The normalized spacial score (nSPS) is 15.6. The van der Waals surface area contributed by atoms with Gasteiger partial charge in [-0.25, -0.2) is 0 Å². The molecular formula is C25H24N2O4. The number of aryl methyl sites for hydroxylation is 1. The van der Waals surface area contributed by atoms with Crippen LogP contribution >= 0.6 is 0 Å². The van der Waals surface area contributed by atoms with Crippen molar-refractivity contribution in [2.24, 2.45) is 0 Å². The van der Waals surface area contributed by atoms with Crippen LogP contribution in [0, 0.1) is 0 Å². The quantitative estimate of drug-likeness (QED) is 0.680. The van der Waals surface area contributed by atoms with Gasteiger partial charge in [-0.2, -0.15) is 0 Å². The van der Waals surface area contributed by atoms with E-state index in [0.29, 0.717) is 29.9 Å². The lowest BCUT2D eigenvalue weighted by Gasteiger charge is -2.26. The Kier molecular flexibility index (Phi) is 5.89. The summed E-state index contributed by atoms with van der Waals surface area (Å²) in [7, 11) is 3.00. The summed E-state index contributed by atoms with van der Waals surface area (Å²) in [6.45, 7) is 0. The SMILES string of the molecule is COc1cccc(C(=O)NC2CCc3ccccc3N(c3ccccc3)C2=O)c1OC. The van der Waals surface area contributed by atoms with Crippen molar-refractivity contribution in [3.05, 3.63) is 83.9 Å². The minimum Gasteiger partial charge on any atom is -0.493 e. The Bertz CT molecular complexity index is 1100. The van der Waals surface area contributed by atoms with Crippen LogP contribution < -0.4 is 19.7 Å². The van der Waals surface area contributed by atoms with Gasteiger partial charge in [-0.3, -0.25) is 14.5 Å². The summed E-state index contributed by atoms with van der Waals surface area (Å²) in [6.07, 6.45) is 1.17. The van der Waals surface area contributed by atoms with Gasteiger partial charge in [-0.1, -0.05) is 42.5 Å². The molecule has 4 rings (SSSR count). The lowest BCUT2D eigenvalue weighted by molar-refractivity contribution is -0.119. The van der Waals surface area contributed by atoms with Gasteiger partial charge in [0.2, 0.25) is 0 Å². The van der Waals surface area contributed by atoms with Gasteiger partial charge in [0.25, 0.3) is 11.8 Å². The molecule has 6 nitrogen and oxygen atoms in total. The molecule has 0 fully saturated rings. The lowest BCUT2D eigenvalue weighted by atomic mass is 10.1. The molecule has 0 aliphatic carbocycles. The van der Waals surface area contributed by atoms with Crippen LogP contribution in [0.15, 0.2) is 72.8 Å². The number of amides is 2. The summed E-state index contributed by atoms with van der Waals surface area (Å²) in [6, 6.07) is 21.7. The first-order valence-corrected chi connectivity index (χ1v) is 10.1. The molecule has 0 radical (unpaired) electrons. The zero-order valence-corrected chi connectivity index (χ0v) is 17.5. The predicted molar refractivity (Wildman–Crippen MR) is 119 cm³/mol. The van der Waals surface area contributed by atoms with Gasteiger partial charge < -0.3 is 14.8 Å². The zero-order valence-electron chi connectivity index (χ0n) is 17.5. The Morgan fingerprint density at radius 3 is 2.42 bits per heavy atom. The summed E-state index contributed by atoms with van der Waals surface area (Å²) >= 11 is 0. The molecule has 0 aromatic heterocycles. The Labute approximate surface area is 181 Å². The lowest BCUT2D eigenvalue weighted by Crippen LogP contribution is -2.46.